The van der Waals surface area contributed by atoms with Crippen LogP contribution in [0.1, 0.15) is 22.3 Å². The molecule has 0 N–H and O–H groups in total. The third kappa shape index (κ3) is 5.31. The van der Waals surface area contributed by atoms with Gasteiger partial charge in [-0.2, -0.15) is 0 Å². The third-order valence-electron chi connectivity index (χ3n) is 12.5. The number of benzene rings is 8. The number of nitrogens with zero attached hydrogens (tertiary/aromatic N) is 4. The Morgan fingerprint density at radius 2 is 0.952 bits per heavy atom. The van der Waals surface area contributed by atoms with Crippen LogP contribution in [0.4, 0.5) is 0 Å². The molecule has 0 saturated carbocycles. The highest BCUT2D eigenvalue weighted by molar-refractivity contribution is 7.92. The molecule has 3 heterocycles. The van der Waals surface area contributed by atoms with Crippen molar-refractivity contribution in [2.75, 3.05) is 0 Å². The van der Waals surface area contributed by atoms with Gasteiger partial charge in [-0.15, -0.1) is 0 Å². The molecular formula is C55H34N4O2S. The molecule has 0 saturated heterocycles. The molecule has 1 aliphatic heterocycles. The van der Waals surface area contributed by atoms with Gasteiger partial charge in [-0.3, -0.25) is 4.98 Å². The molecule has 2 aliphatic rings. The summed E-state index contributed by atoms with van der Waals surface area (Å²) in [4.78, 5) is 20.4. The summed E-state index contributed by atoms with van der Waals surface area (Å²) in [5.41, 5.74) is 11.0. The lowest BCUT2D eigenvalue weighted by atomic mass is 9.62. The van der Waals surface area contributed by atoms with E-state index in [1.54, 1.807) is 12.3 Å². The van der Waals surface area contributed by atoms with Gasteiger partial charge in [-0.1, -0.05) is 176 Å². The van der Waals surface area contributed by atoms with Gasteiger partial charge in [0.1, 0.15) is 0 Å². The van der Waals surface area contributed by atoms with Crippen molar-refractivity contribution in [3.63, 3.8) is 0 Å². The van der Waals surface area contributed by atoms with Gasteiger partial charge < -0.3 is 0 Å². The van der Waals surface area contributed by atoms with Crippen molar-refractivity contribution in [2.24, 2.45) is 0 Å². The van der Waals surface area contributed by atoms with Gasteiger partial charge in [0.25, 0.3) is 0 Å². The fraction of sp³-hybridized carbons (Fsp3) is 0.0182. The van der Waals surface area contributed by atoms with Crippen molar-refractivity contribution in [2.45, 2.75) is 15.2 Å². The SMILES string of the molecule is O=S1(=O)c2ccccc2C2(c3ccccc3-c3ccccc3-c3ccc(-c4nc(-c5ccccc5)nc(-c5ccc(-c6cccnc6)cc5)n4)cc32)c2ccc3ccccc3c21. The maximum atomic E-state index is 15.2. The van der Waals surface area contributed by atoms with Crippen LogP contribution in [0.5, 0.6) is 0 Å². The zero-order valence-electron chi connectivity index (χ0n) is 33.1. The van der Waals surface area contributed by atoms with Crippen molar-refractivity contribution in [1.82, 2.24) is 19.9 Å². The fourth-order valence-corrected chi connectivity index (χ4v) is 11.7. The van der Waals surface area contributed by atoms with Crippen molar-refractivity contribution < 1.29 is 8.42 Å². The molecule has 292 valence electrons. The van der Waals surface area contributed by atoms with E-state index in [2.05, 4.69) is 89.9 Å². The average molecular weight is 815 g/mol. The lowest BCUT2D eigenvalue weighted by molar-refractivity contribution is 0.581. The second kappa shape index (κ2) is 13.8. The normalized spacial score (nSPS) is 15.4. The first kappa shape index (κ1) is 36.0. The Balaban J connectivity index is 1.18. The Morgan fingerprint density at radius 3 is 1.69 bits per heavy atom. The number of fused-ring (bicyclic) bond motifs is 13. The van der Waals surface area contributed by atoms with E-state index in [0.717, 1.165) is 66.6 Å². The maximum absolute atomic E-state index is 15.2. The summed E-state index contributed by atoms with van der Waals surface area (Å²) in [7, 11) is -3.98. The molecule has 0 fully saturated rings. The summed E-state index contributed by atoms with van der Waals surface area (Å²) < 4.78 is 30.3. The minimum absolute atomic E-state index is 0.296. The van der Waals surface area contributed by atoms with Crippen molar-refractivity contribution in [1.29, 1.82) is 0 Å². The summed E-state index contributed by atoms with van der Waals surface area (Å²) in [6, 6.07) is 65.0. The molecule has 2 aromatic heterocycles. The Morgan fingerprint density at radius 1 is 0.387 bits per heavy atom. The van der Waals surface area contributed by atoms with Gasteiger partial charge in [-0.25, -0.2) is 23.4 Å². The molecule has 1 atom stereocenters. The van der Waals surface area contributed by atoms with Crippen LogP contribution in [-0.4, -0.2) is 28.4 Å². The Kier molecular flexibility index (Phi) is 8.04. The van der Waals surface area contributed by atoms with Crippen LogP contribution < -0.4 is 0 Å². The van der Waals surface area contributed by atoms with E-state index in [1.165, 1.54) is 0 Å². The van der Waals surface area contributed by atoms with E-state index in [4.69, 9.17) is 15.0 Å². The minimum atomic E-state index is -3.98. The largest absolute Gasteiger partial charge is 0.264 e. The fourth-order valence-electron chi connectivity index (χ4n) is 9.74. The molecule has 0 bridgehead atoms. The van der Waals surface area contributed by atoms with E-state index < -0.39 is 15.3 Å². The first-order chi connectivity index (χ1) is 30.5. The zero-order chi connectivity index (χ0) is 41.4. The van der Waals surface area contributed by atoms with Gasteiger partial charge in [0.15, 0.2) is 17.5 Å². The van der Waals surface area contributed by atoms with Gasteiger partial charge in [0, 0.05) is 34.5 Å². The summed E-state index contributed by atoms with van der Waals surface area (Å²) in [5.74, 6) is 1.59. The molecule has 62 heavy (non-hydrogen) atoms. The number of rotatable bonds is 4. The standard InChI is InChI=1S/C55H34N4O2S/c60-62(61)50-23-11-10-22-47(50)55(48-31-29-36-13-4-5-17-41(36)51(48)62)46-21-9-8-20-44(46)42-18-6-7-19-43(42)45-30-28-39(33-49(45)55)54-58-52(37-14-2-1-3-15-37)57-53(59-54)38-26-24-35(25-27-38)40-16-12-32-56-34-40/h1-34H. The second-order valence-corrected chi connectivity index (χ2v) is 17.6. The lowest BCUT2D eigenvalue weighted by Crippen LogP contribution is -2.38. The number of pyridine rings is 1. The quantitative estimate of drug-likeness (QED) is 0.176. The molecule has 1 unspecified atom stereocenters. The zero-order valence-corrected chi connectivity index (χ0v) is 34.0. The summed E-state index contributed by atoms with van der Waals surface area (Å²) >= 11 is 0. The third-order valence-corrected chi connectivity index (χ3v) is 14.4. The van der Waals surface area contributed by atoms with Crippen LogP contribution in [0.15, 0.2) is 216 Å². The Labute approximate surface area is 358 Å². The lowest BCUT2D eigenvalue weighted by Gasteiger charge is -2.43. The highest BCUT2D eigenvalue weighted by Gasteiger charge is 2.52. The van der Waals surface area contributed by atoms with Crippen LogP contribution in [0.25, 0.3) is 78.3 Å². The molecular weight excluding hydrogens is 781 g/mol. The molecule has 1 aliphatic carbocycles. The molecule has 0 radical (unpaired) electrons. The molecule has 8 aromatic carbocycles. The predicted molar refractivity (Wildman–Crippen MR) is 245 cm³/mol. The minimum Gasteiger partial charge on any atom is -0.264 e. The van der Waals surface area contributed by atoms with E-state index >= 15 is 8.42 Å². The molecule has 6 nitrogen and oxygen atoms in total. The van der Waals surface area contributed by atoms with Crippen LogP contribution >= 0.6 is 0 Å². The predicted octanol–water partition coefficient (Wildman–Crippen LogP) is 12.3. The smallest absolute Gasteiger partial charge is 0.207 e. The topological polar surface area (TPSA) is 85.7 Å². The van der Waals surface area contributed by atoms with E-state index in [9.17, 15) is 0 Å². The van der Waals surface area contributed by atoms with Gasteiger partial charge in [0.05, 0.1) is 15.2 Å². The number of hydrogen-bond acceptors (Lipinski definition) is 6. The van der Waals surface area contributed by atoms with Crippen molar-refractivity contribution >= 4 is 20.6 Å². The maximum Gasteiger partial charge on any atom is 0.207 e. The summed E-state index contributed by atoms with van der Waals surface area (Å²) in [6.07, 6.45) is 3.62. The van der Waals surface area contributed by atoms with Gasteiger partial charge >= 0.3 is 0 Å². The number of sulfone groups is 1. The van der Waals surface area contributed by atoms with E-state index in [-0.39, 0.29) is 0 Å². The van der Waals surface area contributed by atoms with Crippen LogP contribution in [0.3, 0.4) is 0 Å². The Hall–Kier alpha value is -7.87. The van der Waals surface area contributed by atoms with Crippen molar-refractivity contribution in [3.05, 3.63) is 229 Å². The van der Waals surface area contributed by atoms with E-state index in [0.29, 0.717) is 43.8 Å². The summed E-state index contributed by atoms with van der Waals surface area (Å²) in [5, 5.41) is 1.56. The molecule has 10 aromatic rings. The monoisotopic (exact) mass is 814 g/mol. The first-order valence-corrected chi connectivity index (χ1v) is 22.0. The second-order valence-electron chi connectivity index (χ2n) is 15.8. The first-order valence-electron chi connectivity index (χ1n) is 20.5. The summed E-state index contributed by atoms with van der Waals surface area (Å²) in [6.45, 7) is 0. The highest BCUT2D eigenvalue weighted by atomic mass is 32.2. The number of aromatic nitrogens is 4. The molecule has 0 amide bonds. The van der Waals surface area contributed by atoms with Gasteiger partial charge in [0.2, 0.25) is 9.84 Å². The van der Waals surface area contributed by atoms with Crippen LogP contribution in [0.2, 0.25) is 0 Å². The van der Waals surface area contributed by atoms with Crippen molar-refractivity contribution in [3.8, 4) is 67.5 Å². The van der Waals surface area contributed by atoms with Crippen LogP contribution in [0, 0.1) is 0 Å². The van der Waals surface area contributed by atoms with E-state index in [1.807, 2.05) is 109 Å². The molecule has 1 spiro atoms. The highest BCUT2D eigenvalue weighted by Crippen LogP contribution is 2.60. The Bertz CT molecular complexity index is 3540. The molecule has 12 rings (SSSR count). The molecule has 7 heteroatoms. The van der Waals surface area contributed by atoms with Crippen LogP contribution in [-0.2, 0) is 15.3 Å². The average Bonchev–Trinajstić information content (AvgIpc) is 3.45. The van der Waals surface area contributed by atoms with Gasteiger partial charge in [-0.05, 0) is 79.2 Å². The number of hydrogen-bond donors (Lipinski definition) is 0.